The summed E-state index contributed by atoms with van der Waals surface area (Å²) in [6.07, 6.45) is 0.146. The Morgan fingerprint density at radius 1 is 1.53 bits per heavy atom. The highest BCUT2D eigenvalue weighted by molar-refractivity contribution is 5.72. The highest BCUT2D eigenvalue weighted by Crippen LogP contribution is 2.06. The molecule has 0 aliphatic carbocycles. The molecule has 0 saturated carbocycles. The molecular weight excluding hydrogens is 242 g/mol. The van der Waals surface area contributed by atoms with E-state index in [4.69, 9.17) is 4.74 Å². The molecule has 1 rings (SSSR count). The SMILES string of the molecule is CC(=O)N(C)C[C@@H]1CN(CCNCC(C)C)CCO1. The number of rotatable bonds is 7. The van der Waals surface area contributed by atoms with Gasteiger partial charge in [0.2, 0.25) is 5.91 Å². The highest BCUT2D eigenvalue weighted by atomic mass is 16.5. The van der Waals surface area contributed by atoms with E-state index in [0.717, 1.165) is 39.3 Å². The zero-order valence-corrected chi connectivity index (χ0v) is 12.8. The van der Waals surface area contributed by atoms with Crippen molar-refractivity contribution in [2.45, 2.75) is 26.9 Å². The lowest BCUT2D eigenvalue weighted by Gasteiger charge is -2.34. The predicted molar refractivity (Wildman–Crippen MR) is 77.2 cm³/mol. The zero-order chi connectivity index (χ0) is 14.3. The normalized spacial score (nSPS) is 20.8. The molecule has 19 heavy (non-hydrogen) atoms. The average molecular weight is 271 g/mol. The summed E-state index contributed by atoms with van der Waals surface area (Å²) >= 11 is 0. The molecule has 1 amide bonds. The molecule has 1 aliphatic heterocycles. The fourth-order valence-electron chi connectivity index (χ4n) is 2.16. The van der Waals surface area contributed by atoms with Crippen LogP contribution in [0.1, 0.15) is 20.8 Å². The molecule has 0 aromatic carbocycles. The Morgan fingerprint density at radius 2 is 2.26 bits per heavy atom. The first-order chi connectivity index (χ1) is 8.99. The monoisotopic (exact) mass is 271 g/mol. The first-order valence-electron chi connectivity index (χ1n) is 7.25. The van der Waals surface area contributed by atoms with E-state index in [9.17, 15) is 4.79 Å². The molecule has 1 heterocycles. The van der Waals surface area contributed by atoms with Gasteiger partial charge in [0, 0.05) is 46.7 Å². The quantitative estimate of drug-likeness (QED) is 0.681. The molecule has 1 saturated heterocycles. The van der Waals surface area contributed by atoms with Gasteiger partial charge in [-0.3, -0.25) is 9.69 Å². The van der Waals surface area contributed by atoms with Crippen LogP contribution in [0.15, 0.2) is 0 Å². The lowest BCUT2D eigenvalue weighted by Crippen LogP contribution is -2.49. The van der Waals surface area contributed by atoms with Crippen LogP contribution in [0.3, 0.4) is 0 Å². The Bertz CT molecular complexity index is 271. The van der Waals surface area contributed by atoms with Crippen molar-refractivity contribution >= 4 is 5.91 Å². The van der Waals surface area contributed by atoms with Crippen molar-refractivity contribution in [3.63, 3.8) is 0 Å². The summed E-state index contributed by atoms with van der Waals surface area (Å²) in [6, 6.07) is 0. The van der Waals surface area contributed by atoms with E-state index in [0.29, 0.717) is 12.5 Å². The van der Waals surface area contributed by atoms with Gasteiger partial charge >= 0.3 is 0 Å². The molecule has 112 valence electrons. The summed E-state index contributed by atoms with van der Waals surface area (Å²) in [5.74, 6) is 0.793. The zero-order valence-electron chi connectivity index (χ0n) is 12.8. The molecule has 1 aliphatic rings. The average Bonchev–Trinajstić information content (AvgIpc) is 2.35. The molecule has 0 aromatic heterocycles. The lowest BCUT2D eigenvalue weighted by molar-refractivity contribution is -0.130. The van der Waals surface area contributed by atoms with Crippen molar-refractivity contribution in [3.8, 4) is 0 Å². The summed E-state index contributed by atoms with van der Waals surface area (Å²) in [7, 11) is 1.83. The van der Waals surface area contributed by atoms with Gasteiger partial charge in [-0.15, -0.1) is 0 Å². The topological polar surface area (TPSA) is 44.8 Å². The van der Waals surface area contributed by atoms with E-state index in [-0.39, 0.29) is 12.0 Å². The van der Waals surface area contributed by atoms with Crippen LogP contribution in [-0.4, -0.2) is 74.7 Å². The van der Waals surface area contributed by atoms with Gasteiger partial charge in [0.15, 0.2) is 0 Å². The largest absolute Gasteiger partial charge is 0.374 e. The van der Waals surface area contributed by atoms with Gasteiger partial charge in [-0.25, -0.2) is 0 Å². The molecule has 5 nitrogen and oxygen atoms in total. The van der Waals surface area contributed by atoms with Crippen molar-refractivity contribution in [1.82, 2.24) is 15.1 Å². The van der Waals surface area contributed by atoms with Crippen molar-refractivity contribution in [3.05, 3.63) is 0 Å². The Balaban J connectivity index is 2.20. The minimum atomic E-state index is 0.0966. The summed E-state index contributed by atoms with van der Waals surface area (Å²) in [5.41, 5.74) is 0. The van der Waals surface area contributed by atoms with Crippen molar-refractivity contribution in [2.75, 3.05) is 52.9 Å². The molecule has 0 bridgehead atoms. The van der Waals surface area contributed by atoms with E-state index in [1.165, 1.54) is 0 Å². The number of amides is 1. The molecule has 5 heteroatoms. The molecule has 0 spiro atoms. The minimum Gasteiger partial charge on any atom is -0.374 e. The number of nitrogens with one attached hydrogen (secondary N) is 1. The highest BCUT2D eigenvalue weighted by Gasteiger charge is 2.21. The van der Waals surface area contributed by atoms with Gasteiger partial charge in [0.25, 0.3) is 0 Å². The van der Waals surface area contributed by atoms with Gasteiger partial charge in [-0.05, 0) is 12.5 Å². The third-order valence-electron chi connectivity index (χ3n) is 3.40. The van der Waals surface area contributed by atoms with E-state index in [1.54, 1.807) is 11.8 Å². The second-order valence-corrected chi connectivity index (χ2v) is 5.79. The lowest BCUT2D eigenvalue weighted by atomic mass is 10.2. The second-order valence-electron chi connectivity index (χ2n) is 5.79. The van der Waals surface area contributed by atoms with Crippen LogP contribution in [0.25, 0.3) is 0 Å². The minimum absolute atomic E-state index is 0.0966. The molecular formula is C14H29N3O2. The van der Waals surface area contributed by atoms with Gasteiger partial charge in [0.1, 0.15) is 0 Å². The number of morpholine rings is 1. The number of likely N-dealkylation sites (N-methyl/N-ethyl adjacent to an activating group) is 1. The van der Waals surface area contributed by atoms with E-state index >= 15 is 0 Å². The van der Waals surface area contributed by atoms with Crippen LogP contribution in [0, 0.1) is 5.92 Å². The maximum atomic E-state index is 11.2. The predicted octanol–water partition coefficient (Wildman–Crippen LogP) is 0.411. The van der Waals surface area contributed by atoms with Crippen LogP contribution >= 0.6 is 0 Å². The van der Waals surface area contributed by atoms with E-state index in [1.807, 2.05) is 7.05 Å². The van der Waals surface area contributed by atoms with Gasteiger partial charge in [-0.1, -0.05) is 13.8 Å². The Hall–Kier alpha value is -0.650. The number of hydrogen-bond donors (Lipinski definition) is 1. The molecule has 1 fully saturated rings. The number of hydrogen-bond acceptors (Lipinski definition) is 4. The second kappa shape index (κ2) is 8.51. The third kappa shape index (κ3) is 6.89. The Labute approximate surface area is 117 Å². The number of ether oxygens (including phenoxy) is 1. The van der Waals surface area contributed by atoms with E-state index in [2.05, 4.69) is 24.1 Å². The smallest absolute Gasteiger partial charge is 0.219 e. The van der Waals surface area contributed by atoms with Crippen LogP contribution in [-0.2, 0) is 9.53 Å². The van der Waals surface area contributed by atoms with Gasteiger partial charge in [0.05, 0.1) is 12.7 Å². The summed E-state index contributed by atoms with van der Waals surface area (Å²) in [4.78, 5) is 15.4. The summed E-state index contributed by atoms with van der Waals surface area (Å²) < 4.78 is 5.72. The fourth-order valence-corrected chi connectivity index (χ4v) is 2.16. The number of nitrogens with zero attached hydrogens (tertiary/aromatic N) is 2. The molecule has 1 N–H and O–H groups in total. The van der Waals surface area contributed by atoms with Gasteiger partial charge in [-0.2, -0.15) is 0 Å². The standard InChI is InChI=1S/C14H29N3O2/c1-12(2)9-15-5-6-17-7-8-19-14(11-17)10-16(4)13(3)18/h12,14-15H,5-11H2,1-4H3/t14-/m1/s1. The number of carbonyl (C=O) groups excluding carboxylic acids is 1. The van der Waals surface area contributed by atoms with Crippen LogP contribution in [0.2, 0.25) is 0 Å². The summed E-state index contributed by atoms with van der Waals surface area (Å²) in [6.45, 7) is 12.5. The third-order valence-corrected chi connectivity index (χ3v) is 3.40. The van der Waals surface area contributed by atoms with Crippen LogP contribution in [0.5, 0.6) is 0 Å². The molecule has 0 radical (unpaired) electrons. The Kier molecular flexibility index (Phi) is 7.34. The van der Waals surface area contributed by atoms with E-state index < -0.39 is 0 Å². The summed E-state index contributed by atoms with van der Waals surface area (Å²) in [5, 5.41) is 3.46. The first kappa shape index (κ1) is 16.4. The van der Waals surface area contributed by atoms with Crippen LogP contribution < -0.4 is 5.32 Å². The van der Waals surface area contributed by atoms with Crippen molar-refractivity contribution in [1.29, 1.82) is 0 Å². The fraction of sp³-hybridized carbons (Fsp3) is 0.929. The Morgan fingerprint density at radius 3 is 2.89 bits per heavy atom. The molecule has 0 aromatic rings. The number of carbonyl (C=O) groups is 1. The van der Waals surface area contributed by atoms with Crippen molar-refractivity contribution < 1.29 is 9.53 Å². The molecule has 1 atom stereocenters. The van der Waals surface area contributed by atoms with Crippen molar-refractivity contribution in [2.24, 2.45) is 5.92 Å². The first-order valence-corrected chi connectivity index (χ1v) is 7.25. The van der Waals surface area contributed by atoms with Gasteiger partial charge < -0.3 is 15.0 Å². The maximum absolute atomic E-state index is 11.2. The molecule has 0 unspecified atom stereocenters. The maximum Gasteiger partial charge on any atom is 0.219 e. The van der Waals surface area contributed by atoms with Crippen LogP contribution in [0.4, 0.5) is 0 Å².